The van der Waals surface area contributed by atoms with Crippen LogP contribution in [0.3, 0.4) is 0 Å². The molecule has 0 saturated heterocycles. The Balaban J connectivity index is 2.89. The lowest BCUT2D eigenvalue weighted by Crippen LogP contribution is -2.31. The van der Waals surface area contributed by atoms with Crippen LogP contribution >= 0.6 is 0 Å². The SMILES string of the molecule is CCN(CC(=O)OC)c1ncccc1OC. The van der Waals surface area contributed by atoms with Gasteiger partial charge in [-0.15, -0.1) is 0 Å². The summed E-state index contributed by atoms with van der Waals surface area (Å²) in [6.07, 6.45) is 1.66. The number of likely N-dealkylation sites (N-methyl/N-ethyl adjacent to an activating group) is 1. The predicted molar refractivity (Wildman–Crippen MR) is 60.7 cm³/mol. The second kappa shape index (κ2) is 5.95. The fourth-order valence-electron chi connectivity index (χ4n) is 1.34. The van der Waals surface area contributed by atoms with Gasteiger partial charge >= 0.3 is 5.97 Å². The molecule has 0 aliphatic heterocycles. The van der Waals surface area contributed by atoms with Crippen molar-refractivity contribution < 1.29 is 14.3 Å². The van der Waals surface area contributed by atoms with Crippen molar-refractivity contribution in [3.8, 4) is 5.75 Å². The van der Waals surface area contributed by atoms with Crippen LogP contribution in [-0.2, 0) is 9.53 Å². The van der Waals surface area contributed by atoms with Crippen LogP contribution in [-0.4, -0.2) is 38.3 Å². The zero-order chi connectivity index (χ0) is 12.0. The molecule has 0 atom stereocenters. The van der Waals surface area contributed by atoms with Crippen LogP contribution in [0.2, 0.25) is 0 Å². The highest BCUT2D eigenvalue weighted by Gasteiger charge is 2.15. The van der Waals surface area contributed by atoms with Crippen LogP contribution in [0, 0.1) is 0 Å². The van der Waals surface area contributed by atoms with Gasteiger partial charge < -0.3 is 14.4 Å². The van der Waals surface area contributed by atoms with Crippen LogP contribution in [0.4, 0.5) is 5.82 Å². The number of hydrogen-bond acceptors (Lipinski definition) is 5. The highest BCUT2D eigenvalue weighted by atomic mass is 16.5. The van der Waals surface area contributed by atoms with Gasteiger partial charge in [-0.05, 0) is 19.1 Å². The number of hydrogen-bond donors (Lipinski definition) is 0. The molecule has 5 nitrogen and oxygen atoms in total. The maximum absolute atomic E-state index is 11.2. The van der Waals surface area contributed by atoms with E-state index in [0.717, 1.165) is 0 Å². The van der Waals surface area contributed by atoms with E-state index < -0.39 is 0 Å². The minimum Gasteiger partial charge on any atom is -0.493 e. The number of rotatable bonds is 5. The van der Waals surface area contributed by atoms with Gasteiger partial charge in [0.2, 0.25) is 0 Å². The van der Waals surface area contributed by atoms with Gasteiger partial charge in [-0.25, -0.2) is 4.98 Å². The molecule has 5 heteroatoms. The molecule has 0 aliphatic carbocycles. The van der Waals surface area contributed by atoms with Crippen LogP contribution in [0.15, 0.2) is 18.3 Å². The Morgan fingerprint density at radius 2 is 2.25 bits per heavy atom. The van der Waals surface area contributed by atoms with Crippen LogP contribution in [0.5, 0.6) is 5.75 Å². The Morgan fingerprint density at radius 3 is 2.81 bits per heavy atom. The number of aromatic nitrogens is 1. The highest BCUT2D eigenvalue weighted by Crippen LogP contribution is 2.24. The number of anilines is 1. The zero-order valence-electron chi connectivity index (χ0n) is 9.77. The van der Waals surface area contributed by atoms with Gasteiger partial charge in [0.05, 0.1) is 14.2 Å². The topological polar surface area (TPSA) is 51.7 Å². The zero-order valence-corrected chi connectivity index (χ0v) is 9.77. The van der Waals surface area contributed by atoms with E-state index in [1.165, 1.54) is 7.11 Å². The first-order valence-corrected chi connectivity index (χ1v) is 5.03. The van der Waals surface area contributed by atoms with Gasteiger partial charge in [-0.3, -0.25) is 4.79 Å². The summed E-state index contributed by atoms with van der Waals surface area (Å²) in [6, 6.07) is 3.59. The number of carbonyl (C=O) groups is 1. The van der Waals surface area contributed by atoms with Gasteiger partial charge in [-0.2, -0.15) is 0 Å². The van der Waals surface area contributed by atoms with Crippen molar-refractivity contribution in [3.63, 3.8) is 0 Å². The first-order valence-electron chi connectivity index (χ1n) is 5.03. The summed E-state index contributed by atoms with van der Waals surface area (Å²) in [4.78, 5) is 17.2. The Kier molecular flexibility index (Phi) is 4.57. The quantitative estimate of drug-likeness (QED) is 0.701. The smallest absolute Gasteiger partial charge is 0.325 e. The lowest BCUT2D eigenvalue weighted by Gasteiger charge is -2.22. The second-order valence-electron chi connectivity index (χ2n) is 3.12. The highest BCUT2D eigenvalue weighted by molar-refractivity contribution is 5.76. The van der Waals surface area contributed by atoms with Crippen molar-refractivity contribution in [2.24, 2.45) is 0 Å². The summed E-state index contributed by atoms with van der Waals surface area (Å²) in [6.45, 7) is 2.76. The van der Waals surface area contributed by atoms with Crippen LogP contribution < -0.4 is 9.64 Å². The normalized spacial score (nSPS) is 9.69. The van der Waals surface area contributed by atoms with Crippen molar-refractivity contribution in [2.75, 3.05) is 32.2 Å². The fourth-order valence-corrected chi connectivity index (χ4v) is 1.34. The predicted octanol–water partition coefficient (Wildman–Crippen LogP) is 1.09. The molecule has 0 aromatic carbocycles. The first kappa shape index (κ1) is 12.3. The fraction of sp³-hybridized carbons (Fsp3) is 0.455. The lowest BCUT2D eigenvalue weighted by atomic mass is 10.3. The van der Waals surface area contributed by atoms with Gasteiger partial charge in [-0.1, -0.05) is 0 Å². The molecule has 0 aliphatic rings. The molecule has 1 rings (SSSR count). The van der Waals surface area contributed by atoms with Gasteiger partial charge in [0.15, 0.2) is 11.6 Å². The van der Waals surface area contributed by atoms with E-state index in [2.05, 4.69) is 9.72 Å². The first-order chi connectivity index (χ1) is 7.72. The second-order valence-corrected chi connectivity index (χ2v) is 3.12. The van der Waals surface area contributed by atoms with Gasteiger partial charge in [0.25, 0.3) is 0 Å². The third kappa shape index (κ3) is 2.85. The van der Waals surface area contributed by atoms with Crippen molar-refractivity contribution >= 4 is 11.8 Å². The molecule has 0 bridgehead atoms. The van der Waals surface area contributed by atoms with E-state index in [-0.39, 0.29) is 12.5 Å². The molecule has 0 fully saturated rings. The average Bonchev–Trinajstić information content (AvgIpc) is 2.35. The van der Waals surface area contributed by atoms with E-state index in [0.29, 0.717) is 18.1 Å². The molecular weight excluding hydrogens is 208 g/mol. The number of methoxy groups -OCH3 is 2. The minimum atomic E-state index is -0.297. The maximum atomic E-state index is 11.2. The summed E-state index contributed by atoms with van der Waals surface area (Å²) < 4.78 is 9.82. The molecule has 88 valence electrons. The standard InChI is InChI=1S/C11H16N2O3/c1-4-13(8-10(14)16-3)11-9(15-2)6-5-7-12-11/h5-7H,4,8H2,1-3H3. The Morgan fingerprint density at radius 1 is 1.50 bits per heavy atom. The Hall–Kier alpha value is -1.78. The van der Waals surface area contributed by atoms with Crippen molar-refractivity contribution in [1.82, 2.24) is 4.98 Å². The summed E-state index contributed by atoms with van der Waals surface area (Å²) in [5, 5.41) is 0. The largest absolute Gasteiger partial charge is 0.493 e. The average molecular weight is 224 g/mol. The summed E-state index contributed by atoms with van der Waals surface area (Å²) in [7, 11) is 2.94. The van der Waals surface area contributed by atoms with E-state index in [4.69, 9.17) is 4.74 Å². The lowest BCUT2D eigenvalue weighted by molar-refractivity contribution is -0.138. The summed E-state index contributed by atoms with van der Waals surface area (Å²) in [5.74, 6) is 1.00. The van der Waals surface area contributed by atoms with E-state index >= 15 is 0 Å². The van der Waals surface area contributed by atoms with Crippen LogP contribution in [0.1, 0.15) is 6.92 Å². The molecule has 0 saturated carbocycles. The summed E-state index contributed by atoms with van der Waals surface area (Å²) >= 11 is 0. The number of pyridine rings is 1. The van der Waals surface area contributed by atoms with Crippen molar-refractivity contribution in [3.05, 3.63) is 18.3 Å². The molecule has 16 heavy (non-hydrogen) atoms. The third-order valence-electron chi connectivity index (χ3n) is 2.20. The molecule has 0 N–H and O–H groups in total. The molecular formula is C11H16N2O3. The Bertz CT molecular complexity index is 355. The van der Waals surface area contributed by atoms with Gasteiger partial charge in [0, 0.05) is 12.7 Å². The number of nitrogens with zero attached hydrogens (tertiary/aromatic N) is 2. The number of carbonyl (C=O) groups excluding carboxylic acids is 1. The van der Waals surface area contributed by atoms with Crippen LogP contribution in [0.25, 0.3) is 0 Å². The number of esters is 1. The monoisotopic (exact) mass is 224 g/mol. The maximum Gasteiger partial charge on any atom is 0.325 e. The van der Waals surface area contributed by atoms with Crippen molar-refractivity contribution in [1.29, 1.82) is 0 Å². The molecule has 1 aromatic rings. The summed E-state index contributed by atoms with van der Waals surface area (Å²) in [5.41, 5.74) is 0. The molecule has 0 spiro atoms. The van der Waals surface area contributed by atoms with E-state index in [9.17, 15) is 4.79 Å². The van der Waals surface area contributed by atoms with Crippen molar-refractivity contribution in [2.45, 2.75) is 6.92 Å². The van der Waals surface area contributed by atoms with E-state index in [1.807, 2.05) is 13.0 Å². The molecule has 1 aromatic heterocycles. The minimum absolute atomic E-state index is 0.167. The molecule has 0 amide bonds. The molecule has 0 radical (unpaired) electrons. The molecule has 1 heterocycles. The van der Waals surface area contributed by atoms with Gasteiger partial charge in [0.1, 0.15) is 6.54 Å². The van der Waals surface area contributed by atoms with E-state index in [1.54, 1.807) is 24.3 Å². The Labute approximate surface area is 95.0 Å². The molecule has 0 unspecified atom stereocenters. The number of ether oxygens (including phenoxy) is 2. The third-order valence-corrected chi connectivity index (χ3v) is 2.20.